The first-order valence-electron chi connectivity index (χ1n) is 9.46. The number of benzene rings is 2. The monoisotopic (exact) mass is 421 g/mol. The summed E-state index contributed by atoms with van der Waals surface area (Å²) in [7, 11) is 1.63. The number of methoxy groups -OCH3 is 1. The molecule has 0 fully saturated rings. The van der Waals surface area contributed by atoms with Gasteiger partial charge in [-0.3, -0.25) is 4.79 Å². The van der Waals surface area contributed by atoms with Crippen molar-refractivity contribution in [1.29, 1.82) is 0 Å². The molecule has 2 aromatic carbocycles. The number of nitrogens with zero attached hydrogens (tertiary/aromatic N) is 4. The third-order valence-electron chi connectivity index (χ3n) is 4.16. The van der Waals surface area contributed by atoms with Crippen molar-refractivity contribution in [3.8, 4) is 17.1 Å². The Labute approximate surface area is 179 Å². The lowest BCUT2D eigenvalue weighted by Crippen LogP contribution is -2.19. The van der Waals surface area contributed by atoms with Crippen molar-refractivity contribution >= 4 is 30.0 Å². The maximum Gasteiger partial charge on any atom is 0.250 e. The summed E-state index contributed by atoms with van der Waals surface area (Å²) in [5, 5.41) is 13.1. The summed E-state index contributed by atoms with van der Waals surface area (Å²) >= 11 is 1.33. The van der Waals surface area contributed by atoms with E-state index in [0.717, 1.165) is 22.7 Å². The van der Waals surface area contributed by atoms with Crippen LogP contribution in [-0.4, -0.2) is 39.7 Å². The van der Waals surface area contributed by atoms with Gasteiger partial charge >= 0.3 is 0 Å². The van der Waals surface area contributed by atoms with Gasteiger partial charge in [0.1, 0.15) is 5.75 Å². The molecule has 0 aliphatic rings. The summed E-state index contributed by atoms with van der Waals surface area (Å²) in [5.74, 6) is 1.55. The van der Waals surface area contributed by atoms with Crippen LogP contribution in [0.5, 0.6) is 5.75 Å². The van der Waals surface area contributed by atoms with Crippen molar-refractivity contribution in [3.63, 3.8) is 0 Å². The maximum absolute atomic E-state index is 12.1. The Balaban J connectivity index is 1.52. The second-order valence-corrected chi connectivity index (χ2v) is 7.06. The minimum absolute atomic E-state index is 0.195. The van der Waals surface area contributed by atoms with E-state index in [0.29, 0.717) is 11.7 Å². The fourth-order valence-electron chi connectivity index (χ4n) is 2.75. The van der Waals surface area contributed by atoms with E-state index in [1.54, 1.807) is 13.2 Å². The molecule has 0 aliphatic heterocycles. The zero-order valence-electron chi connectivity index (χ0n) is 16.9. The van der Waals surface area contributed by atoms with Gasteiger partial charge in [0.25, 0.3) is 5.91 Å². The lowest BCUT2D eigenvalue weighted by atomic mass is 10.2. The lowest BCUT2D eigenvalue weighted by Gasteiger charge is -2.06. The number of rotatable bonds is 9. The molecule has 1 aromatic heterocycles. The molecule has 0 atom stereocenters. The highest BCUT2D eigenvalue weighted by atomic mass is 32.2. The van der Waals surface area contributed by atoms with Crippen molar-refractivity contribution in [2.45, 2.75) is 18.6 Å². The van der Waals surface area contributed by atoms with Gasteiger partial charge in [-0.2, -0.15) is 5.10 Å². The van der Waals surface area contributed by atoms with Crippen LogP contribution in [0.15, 0.2) is 70.9 Å². The number of carbonyl (C=O) groups is 1. The number of hydrazone groups is 1. The van der Waals surface area contributed by atoms with E-state index in [2.05, 4.69) is 20.7 Å². The number of amides is 1. The lowest BCUT2D eigenvalue weighted by molar-refractivity contribution is -0.118. The molecule has 1 N–H and O–H groups in total. The number of thioether (sulfide) groups is 1. The summed E-state index contributed by atoms with van der Waals surface area (Å²) in [5.41, 5.74) is 4.44. The van der Waals surface area contributed by atoms with E-state index >= 15 is 0 Å². The fraction of sp³-hybridized carbons (Fsp3) is 0.182. The summed E-state index contributed by atoms with van der Waals surface area (Å²) in [4.78, 5) is 12.1. The largest absolute Gasteiger partial charge is 0.496 e. The fourth-order valence-corrected chi connectivity index (χ4v) is 3.54. The summed E-state index contributed by atoms with van der Waals surface area (Å²) in [6.07, 6.45) is 5.13. The molecule has 0 spiro atoms. The molecule has 3 rings (SSSR count). The molecule has 0 bridgehead atoms. The number of allylic oxidation sites excluding steroid dienone is 1. The highest BCUT2D eigenvalue weighted by Crippen LogP contribution is 2.23. The van der Waals surface area contributed by atoms with Crippen LogP contribution >= 0.6 is 11.8 Å². The van der Waals surface area contributed by atoms with Crippen LogP contribution in [0.4, 0.5) is 0 Å². The third-order valence-corrected chi connectivity index (χ3v) is 5.13. The molecule has 3 aromatic rings. The van der Waals surface area contributed by atoms with Crippen LogP contribution in [-0.2, 0) is 11.3 Å². The van der Waals surface area contributed by atoms with E-state index in [1.165, 1.54) is 18.0 Å². The minimum Gasteiger partial charge on any atom is -0.496 e. The average molecular weight is 422 g/mol. The molecule has 0 unspecified atom stereocenters. The van der Waals surface area contributed by atoms with E-state index in [1.807, 2.05) is 72.2 Å². The quantitative estimate of drug-likeness (QED) is 0.322. The number of hydrogen-bond donors (Lipinski definition) is 1. The Kier molecular flexibility index (Phi) is 7.79. The SMILES string of the molecule is CCn1c(SCC(=O)N/N=C/C=C/c2ccccc2OC)nnc1-c1ccccc1. The van der Waals surface area contributed by atoms with Gasteiger partial charge in [-0.1, -0.05) is 60.3 Å². The van der Waals surface area contributed by atoms with E-state index in [-0.39, 0.29) is 11.7 Å². The zero-order valence-corrected chi connectivity index (χ0v) is 17.7. The molecule has 1 amide bonds. The zero-order chi connectivity index (χ0) is 21.2. The number of ether oxygens (including phenoxy) is 1. The third kappa shape index (κ3) is 5.57. The van der Waals surface area contributed by atoms with Crippen LogP contribution in [0.3, 0.4) is 0 Å². The topological polar surface area (TPSA) is 81.4 Å². The Morgan fingerprint density at radius 3 is 2.70 bits per heavy atom. The number of para-hydroxylation sites is 1. The first-order chi connectivity index (χ1) is 14.7. The Bertz CT molecular complexity index is 1030. The normalized spacial score (nSPS) is 11.3. The number of nitrogens with one attached hydrogen (secondary N) is 1. The van der Waals surface area contributed by atoms with Crippen molar-refractivity contribution < 1.29 is 9.53 Å². The molecule has 7 nitrogen and oxygen atoms in total. The van der Waals surface area contributed by atoms with Gasteiger partial charge < -0.3 is 9.30 Å². The van der Waals surface area contributed by atoms with Crippen molar-refractivity contribution in [2.24, 2.45) is 5.10 Å². The predicted molar refractivity (Wildman–Crippen MR) is 121 cm³/mol. The van der Waals surface area contributed by atoms with Gasteiger partial charge in [-0.25, -0.2) is 5.43 Å². The minimum atomic E-state index is -0.214. The molecule has 0 saturated carbocycles. The molecule has 8 heteroatoms. The van der Waals surface area contributed by atoms with Gasteiger partial charge in [0.2, 0.25) is 0 Å². The molecule has 0 saturated heterocycles. The van der Waals surface area contributed by atoms with Crippen LogP contribution in [0.2, 0.25) is 0 Å². The molecular weight excluding hydrogens is 398 g/mol. The standard InChI is InChI=1S/C22H23N5O2S/c1-3-27-21(18-11-5-4-6-12-18)25-26-22(27)30-16-20(28)24-23-15-9-13-17-10-7-8-14-19(17)29-2/h4-15H,3,16H2,1-2H3,(H,24,28)/b13-9+,23-15+. The molecule has 0 radical (unpaired) electrons. The molecular formula is C22H23N5O2S. The highest BCUT2D eigenvalue weighted by Gasteiger charge is 2.14. The van der Waals surface area contributed by atoms with Gasteiger partial charge in [0, 0.05) is 23.9 Å². The van der Waals surface area contributed by atoms with Gasteiger partial charge in [0.05, 0.1) is 12.9 Å². The van der Waals surface area contributed by atoms with E-state index in [9.17, 15) is 4.79 Å². The van der Waals surface area contributed by atoms with Crippen LogP contribution in [0.1, 0.15) is 12.5 Å². The van der Waals surface area contributed by atoms with Crippen molar-refractivity contribution in [1.82, 2.24) is 20.2 Å². The van der Waals surface area contributed by atoms with Crippen LogP contribution in [0.25, 0.3) is 17.5 Å². The summed E-state index contributed by atoms with van der Waals surface area (Å²) < 4.78 is 7.27. The number of carbonyl (C=O) groups excluding carboxylic acids is 1. The Morgan fingerprint density at radius 1 is 1.17 bits per heavy atom. The van der Waals surface area contributed by atoms with E-state index in [4.69, 9.17) is 4.74 Å². The van der Waals surface area contributed by atoms with Crippen molar-refractivity contribution in [3.05, 3.63) is 66.2 Å². The smallest absolute Gasteiger partial charge is 0.250 e. The first-order valence-corrected chi connectivity index (χ1v) is 10.4. The van der Waals surface area contributed by atoms with E-state index < -0.39 is 0 Å². The Morgan fingerprint density at radius 2 is 1.93 bits per heavy atom. The molecule has 0 aliphatic carbocycles. The average Bonchev–Trinajstić information content (AvgIpc) is 3.21. The van der Waals surface area contributed by atoms with Crippen molar-refractivity contribution in [2.75, 3.05) is 12.9 Å². The number of hydrogen-bond acceptors (Lipinski definition) is 6. The maximum atomic E-state index is 12.1. The second-order valence-electron chi connectivity index (χ2n) is 6.12. The van der Waals surface area contributed by atoms with Crippen LogP contribution < -0.4 is 10.2 Å². The second kappa shape index (κ2) is 11.0. The van der Waals surface area contributed by atoms with Crippen LogP contribution in [0, 0.1) is 0 Å². The number of aromatic nitrogens is 3. The summed E-state index contributed by atoms with van der Waals surface area (Å²) in [6.45, 7) is 2.74. The summed E-state index contributed by atoms with van der Waals surface area (Å²) in [6, 6.07) is 17.5. The predicted octanol–water partition coefficient (Wildman–Crippen LogP) is 3.88. The van der Waals surface area contributed by atoms with Gasteiger partial charge in [-0.05, 0) is 25.1 Å². The van der Waals surface area contributed by atoms with Gasteiger partial charge in [-0.15, -0.1) is 10.2 Å². The molecule has 1 heterocycles. The molecule has 154 valence electrons. The highest BCUT2D eigenvalue weighted by molar-refractivity contribution is 7.99. The molecule has 30 heavy (non-hydrogen) atoms. The Hall–Kier alpha value is -3.39. The van der Waals surface area contributed by atoms with Gasteiger partial charge in [0.15, 0.2) is 11.0 Å². The first kappa shape index (κ1) is 21.3.